The second-order valence-corrected chi connectivity index (χ2v) is 7.92. The highest BCUT2D eigenvalue weighted by Crippen LogP contribution is 2.36. The van der Waals surface area contributed by atoms with E-state index < -0.39 is 5.97 Å². The van der Waals surface area contributed by atoms with Crippen LogP contribution in [0.2, 0.25) is 0 Å². The summed E-state index contributed by atoms with van der Waals surface area (Å²) in [5.74, 6) is -0.634. The van der Waals surface area contributed by atoms with Crippen LogP contribution in [0.5, 0.6) is 0 Å². The van der Waals surface area contributed by atoms with Crippen LogP contribution < -0.4 is 15.5 Å². The zero-order chi connectivity index (χ0) is 22.8. The van der Waals surface area contributed by atoms with Crippen LogP contribution in [0.15, 0.2) is 48.7 Å². The van der Waals surface area contributed by atoms with Gasteiger partial charge in [0.15, 0.2) is 0 Å². The summed E-state index contributed by atoms with van der Waals surface area (Å²) in [4.78, 5) is 42.1. The van der Waals surface area contributed by atoms with Crippen molar-refractivity contribution in [2.24, 2.45) is 0 Å². The summed E-state index contributed by atoms with van der Waals surface area (Å²) in [7, 11) is 0. The molecule has 2 heterocycles. The predicted octanol–water partition coefficient (Wildman–Crippen LogP) is 3.17. The van der Waals surface area contributed by atoms with Gasteiger partial charge < -0.3 is 20.6 Å². The van der Waals surface area contributed by atoms with Crippen molar-refractivity contribution in [3.63, 3.8) is 0 Å². The Kier molecular flexibility index (Phi) is 8.60. The van der Waals surface area contributed by atoms with Gasteiger partial charge in [-0.3, -0.25) is 14.4 Å². The van der Waals surface area contributed by atoms with Gasteiger partial charge in [-0.1, -0.05) is 24.3 Å². The van der Waals surface area contributed by atoms with Crippen LogP contribution in [0.3, 0.4) is 0 Å². The molecule has 32 heavy (non-hydrogen) atoms. The molecule has 0 bridgehead atoms. The van der Waals surface area contributed by atoms with Gasteiger partial charge in [-0.2, -0.15) is 0 Å². The number of unbranched alkanes of at least 4 members (excludes halogenated alkanes) is 2. The van der Waals surface area contributed by atoms with Crippen LogP contribution in [0.25, 0.3) is 0 Å². The highest BCUT2D eigenvalue weighted by Gasteiger charge is 2.30. The lowest BCUT2D eigenvalue weighted by atomic mass is 9.91. The van der Waals surface area contributed by atoms with Gasteiger partial charge in [0.2, 0.25) is 11.8 Å². The second kappa shape index (κ2) is 11.8. The monoisotopic (exact) mass is 438 g/mol. The number of nitrogens with one attached hydrogen (secondary N) is 2. The normalized spacial score (nSPS) is 15.6. The molecule has 0 spiro atoms. The SMILES string of the molecule is O=C(O)CC1CCC(=O)N(CC(=O)NCCCCCNc2ccccn2)c2ccccc21. The number of carboxylic acid groups (broad SMARTS) is 1. The zero-order valence-corrected chi connectivity index (χ0v) is 18.1. The molecule has 1 aliphatic heterocycles. The third-order valence-electron chi connectivity index (χ3n) is 5.54. The van der Waals surface area contributed by atoms with Gasteiger partial charge in [0.1, 0.15) is 12.4 Å². The molecule has 0 aliphatic carbocycles. The number of para-hydroxylation sites is 1. The average Bonchev–Trinajstić information content (AvgIpc) is 2.91. The summed E-state index contributed by atoms with van der Waals surface area (Å²) in [6.07, 6.45) is 5.19. The first-order chi connectivity index (χ1) is 15.5. The van der Waals surface area contributed by atoms with Gasteiger partial charge in [-0.25, -0.2) is 4.98 Å². The number of fused-ring (bicyclic) bond motifs is 1. The molecule has 3 N–H and O–H groups in total. The van der Waals surface area contributed by atoms with Crippen LogP contribution in [-0.4, -0.2) is 47.5 Å². The van der Waals surface area contributed by atoms with E-state index in [0.29, 0.717) is 18.7 Å². The van der Waals surface area contributed by atoms with Crippen molar-refractivity contribution in [2.45, 2.75) is 44.4 Å². The Labute approximate surface area is 188 Å². The minimum Gasteiger partial charge on any atom is -0.481 e. The number of nitrogens with zero attached hydrogens (tertiary/aromatic N) is 2. The molecule has 1 aromatic heterocycles. The summed E-state index contributed by atoms with van der Waals surface area (Å²) in [6, 6.07) is 13.0. The number of carbonyl (C=O) groups excluding carboxylic acids is 2. The summed E-state index contributed by atoms with van der Waals surface area (Å²) < 4.78 is 0. The van der Waals surface area contributed by atoms with Crippen molar-refractivity contribution < 1.29 is 19.5 Å². The maximum Gasteiger partial charge on any atom is 0.303 e. The smallest absolute Gasteiger partial charge is 0.303 e. The number of rotatable bonds is 11. The van der Waals surface area contributed by atoms with E-state index in [-0.39, 0.29) is 37.1 Å². The molecule has 8 heteroatoms. The number of hydrogen-bond acceptors (Lipinski definition) is 5. The van der Waals surface area contributed by atoms with Gasteiger partial charge >= 0.3 is 5.97 Å². The number of benzene rings is 1. The van der Waals surface area contributed by atoms with E-state index >= 15 is 0 Å². The Morgan fingerprint density at radius 2 is 1.84 bits per heavy atom. The van der Waals surface area contributed by atoms with Crippen LogP contribution in [0.1, 0.15) is 50.0 Å². The second-order valence-electron chi connectivity index (χ2n) is 7.92. The first-order valence-electron chi connectivity index (χ1n) is 11.1. The van der Waals surface area contributed by atoms with Crippen LogP contribution in [-0.2, 0) is 14.4 Å². The number of hydrogen-bond donors (Lipinski definition) is 3. The maximum atomic E-state index is 12.7. The van der Waals surface area contributed by atoms with Crippen LogP contribution >= 0.6 is 0 Å². The minimum absolute atomic E-state index is 0.0283. The topological polar surface area (TPSA) is 112 Å². The maximum absolute atomic E-state index is 12.7. The molecular formula is C24H30N4O4. The average molecular weight is 439 g/mol. The zero-order valence-electron chi connectivity index (χ0n) is 18.1. The molecule has 1 atom stereocenters. The molecule has 170 valence electrons. The van der Waals surface area contributed by atoms with E-state index in [1.54, 1.807) is 18.3 Å². The van der Waals surface area contributed by atoms with Crippen molar-refractivity contribution in [1.82, 2.24) is 10.3 Å². The first kappa shape index (κ1) is 23.2. The molecule has 1 unspecified atom stereocenters. The molecule has 3 rings (SSSR count). The number of aliphatic carboxylic acids is 1. The third-order valence-corrected chi connectivity index (χ3v) is 5.54. The van der Waals surface area contributed by atoms with E-state index in [9.17, 15) is 19.5 Å². The fourth-order valence-electron chi connectivity index (χ4n) is 3.94. The Hall–Kier alpha value is -3.42. The molecule has 2 aromatic rings. The largest absolute Gasteiger partial charge is 0.481 e. The highest BCUT2D eigenvalue weighted by molar-refractivity contribution is 6.00. The van der Waals surface area contributed by atoms with Crippen molar-refractivity contribution in [3.8, 4) is 0 Å². The van der Waals surface area contributed by atoms with Gasteiger partial charge in [0.25, 0.3) is 0 Å². The molecule has 0 saturated heterocycles. The van der Waals surface area contributed by atoms with E-state index in [2.05, 4.69) is 15.6 Å². The van der Waals surface area contributed by atoms with Gasteiger partial charge in [-0.15, -0.1) is 0 Å². The lowest BCUT2D eigenvalue weighted by Gasteiger charge is -2.23. The Bertz CT molecular complexity index is 919. The van der Waals surface area contributed by atoms with Crippen molar-refractivity contribution >= 4 is 29.3 Å². The summed E-state index contributed by atoms with van der Waals surface area (Å²) in [5, 5.41) is 15.4. The fourth-order valence-corrected chi connectivity index (χ4v) is 3.94. The number of pyridine rings is 1. The van der Waals surface area contributed by atoms with Crippen LogP contribution in [0.4, 0.5) is 11.5 Å². The lowest BCUT2D eigenvalue weighted by molar-refractivity contribution is -0.137. The van der Waals surface area contributed by atoms with E-state index in [1.807, 2.05) is 30.3 Å². The number of anilines is 2. The van der Waals surface area contributed by atoms with Gasteiger partial charge in [-0.05, 0) is 55.4 Å². The van der Waals surface area contributed by atoms with Crippen molar-refractivity contribution in [3.05, 3.63) is 54.2 Å². The summed E-state index contributed by atoms with van der Waals surface area (Å²) >= 11 is 0. The van der Waals surface area contributed by atoms with Crippen LogP contribution in [0, 0.1) is 0 Å². The Morgan fingerprint density at radius 3 is 2.62 bits per heavy atom. The molecular weight excluding hydrogens is 408 g/mol. The Balaban J connectivity index is 1.45. The molecule has 0 fully saturated rings. The number of carbonyl (C=O) groups is 3. The highest BCUT2D eigenvalue weighted by atomic mass is 16.4. The molecule has 1 aromatic carbocycles. The number of aromatic nitrogens is 1. The van der Waals surface area contributed by atoms with Crippen molar-refractivity contribution in [1.29, 1.82) is 0 Å². The molecule has 2 amide bonds. The van der Waals surface area contributed by atoms with Gasteiger partial charge in [0, 0.05) is 31.4 Å². The molecule has 0 saturated carbocycles. The summed E-state index contributed by atoms with van der Waals surface area (Å²) in [6.45, 7) is 1.31. The lowest BCUT2D eigenvalue weighted by Crippen LogP contribution is -2.41. The van der Waals surface area contributed by atoms with Gasteiger partial charge in [0.05, 0.1) is 6.42 Å². The number of amides is 2. The van der Waals surface area contributed by atoms with E-state index in [1.165, 1.54) is 4.90 Å². The number of carboxylic acids is 1. The first-order valence-corrected chi connectivity index (χ1v) is 11.1. The minimum atomic E-state index is -0.890. The molecule has 1 aliphatic rings. The third kappa shape index (κ3) is 6.80. The molecule has 8 nitrogen and oxygen atoms in total. The Morgan fingerprint density at radius 1 is 1.06 bits per heavy atom. The predicted molar refractivity (Wildman–Crippen MR) is 123 cm³/mol. The quantitative estimate of drug-likeness (QED) is 0.465. The van der Waals surface area contributed by atoms with E-state index in [0.717, 1.165) is 37.2 Å². The van der Waals surface area contributed by atoms with E-state index in [4.69, 9.17) is 0 Å². The fraction of sp³-hybridized carbons (Fsp3) is 0.417. The molecule has 0 radical (unpaired) electrons. The standard InChI is InChI=1S/C24H30N4O4/c29-22(27-15-6-1-5-13-25-21-10-4-7-14-26-21)17-28-20-9-3-2-8-19(20)18(16-24(31)32)11-12-23(28)30/h2-4,7-10,14,18H,1,5-6,11-13,15-17H2,(H,25,26)(H,27,29)(H,31,32). The van der Waals surface area contributed by atoms with Crippen molar-refractivity contribution in [2.75, 3.05) is 29.9 Å². The summed E-state index contributed by atoms with van der Waals surface area (Å²) in [5.41, 5.74) is 1.45.